The number of carbonyl (C=O) groups is 1. The van der Waals surface area contributed by atoms with Crippen molar-refractivity contribution in [3.63, 3.8) is 0 Å². The summed E-state index contributed by atoms with van der Waals surface area (Å²) in [4.78, 5) is 10.7. The van der Waals surface area contributed by atoms with Gasteiger partial charge in [0.05, 0.1) is 0 Å². The normalized spacial score (nSPS) is 10.3. The highest BCUT2D eigenvalue weighted by atomic mass is 16.5. The van der Waals surface area contributed by atoms with Crippen LogP contribution in [0.3, 0.4) is 0 Å². The number of nitrogens with one attached hydrogen (secondary N) is 1. The van der Waals surface area contributed by atoms with Gasteiger partial charge in [0, 0.05) is 19.8 Å². The molecule has 0 aromatic carbocycles. The molecule has 1 rings (SSSR count). The number of carbonyl (C=O) groups excluding carboxylic acids is 1. The van der Waals surface area contributed by atoms with Gasteiger partial charge in [-0.15, -0.1) is 0 Å². The second kappa shape index (κ2) is 5.53. The van der Waals surface area contributed by atoms with Gasteiger partial charge < -0.3 is 9.84 Å². The molecule has 0 spiro atoms. The van der Waals surface area contributed by atoms with Crippen molar-refractivity contribution < 1.29 is 10.7 Å². The minimum Gasteiger partial charge on any atom is -0.359 e. The van der Waals surface area contributed by atoms with Crippen LogP contribution in [0.2, 0.25) is 0 Å². The third-order valence-corrected chi connectivity index (χ3v) is 1.55. The van der Waals surface area contributed by atoms with Gasteiger partial charge in [0.2, 0.25) is 5.91 Å². The maximum atomic E-state index is 10.7. The van der Waals surface area contributed by atoms with E-state index in [2.05, 4.69) is 10.5 Å². The molecule has 1 aromatic heterocycles. The summed E-state index contributed by atoms with van der Waals surface area (Å²) in [6.45, 7) is 11.5. The van der Waals surface area contributed by atoms with Crippen molar-refractivity contribution in [1.29, 1.82) is 0 Å². The van der Waals surface area contributed by atoms with Crippen molar-refractivity contribution in [2.45, 2.75) is 47.0 Å². The second-order valence-electron chi connectivity index (χ2n) is 4.01. The summed E-state index contributed by atoms with van der Waals surface area (Å²) in [5.41, 5.74) is -0.0796. The average Bonchev–Trinajstić information content (AvgIpc) is 2.54. The van der Waals surface area contributed by atoms with E-state index >= 15 is 0 Å². The lowest BCUT2D eigenvalue weighted by Crippen LogP contribution is -2.09. The zero-order chi connectivity index (χ0) is 12.1. The SMILES string of the molecule is CC.CC(=O)Nc1cc(C(C)(C)C)on1.[HH]. The first-order chi connectivity index (χ1) is 6.89. The number of nitrogens with zero attached hydrogens (tertiary/aromatic N) is 1. The first kappa shape index (κ1) is 13.7. The molecule has 1 N–H and O–H groups in total. The highest BCUT2D eigenvalue weighted by Crippen LogP contribution is 2.24. The molecule has 15 heavy (non-hydrogen) atoms. The van der Waals surface area contributed by atoms with E-state index in [1.807, 2.05) is 34.6 Å². The first-order valence-corrected chi connectivity index (χ1v) is 5.14. The van der Waals surface area contributed by atoms with E-state index in [1.54, 1.807) is 6.07 Å². The Hall–Kier alpha value is -1.32. The number of anilines is 1. The number of aromatic nitrogens is 1. The van der Waals surface area contributed by atoms with Crippen LogP contribution >= 0.6 is 0 Å². The quantitative estimate of drug-likeness (QED) is 0.781. The number of amides is 1. The standard InChI is InChI=1S/C9H14N2O2.C2H6.H2/c1-6(12)10-8-5-7(13-11-8)9(2,3)4;1-2;/h5H,1-4H3,(H,10,11,12);1-2H3;1H. The maximum absolute atomic E-state index is 10.7. The van der Waals surface area contributed by atoms with Gasteiger partial charge in [0.1, 0.15) is 5.76 Å². The summed E-state index contributed by atoms with van der Waals surface area (Å²) >= 11 is 0. The largest absolute Gasteiger partial charge is 0.359 e. The van der Waals surface area contributed by atoms with Crippen LogP contribution in [0.1, 0.15) is 48.7 Å². The Morgan fingerprint density at radius 3 is 2.33 bits per heavy atom. The molecule has 1 amide bonds. The van der Waals surface area contributed by atoms with E-state index in [4.69, 9.17) is 4.52 Å². The zero-order valence-electron chi connectivity index (χ0n) is 10.3. The lowest BCUT2D eigenvalue weighted by molar-refractivity contribution is -0.114. The molecule has 1 aromatic rings. The monoisotopic (exact) mass is 214 g/mol. The van der Waals surface area contributed by atoms with Crippen LogP contribution in [0.15, 0.2) is 10.6 Å². The van der Waals surface area contributed by atoms with Gasteiger partial charge >= 0.3 is 0 Å². The molecule has 0 radical (unpaired) electrons. The molecule has 0 fully saturated rings. The molecule has 0 bridgehead atoms. The maximum Gasteiger partial charge on any atom is 0.222 e. The van der Waals surface area contributed by atoms with Gasteiger partial charge in [-0.2, -0.15) is 0 Å². The molecule has 0 aliphatic heterocycles. The lowest BCUT2D eigenvalue weighted by Gasteiger charge is -2.11. The molecule has 0 saturated carbocycles. The Morgan fingerprint density at radius 1 is 1.47 bits per heavy atom. The molecule has 0 unspecified atom stereocenters. The van der Waals surface area contributed by atoms with Crippen molar-refractivity contribution in [2.24, 2.45) is 0 Å². The van der Waals surface area contributed by atoms with Crippen molar-refractivity contribution in [3.8, 4) is 0 Å². The topological polar surface area (TPSA) is 55.1 Å². The summed E-state index contributed by atoms with van der Waals surface area (Å²) in [6.07, 6.45) is 0. The zero-order valence-corrected chi connectivity index (χ0v) is 10.3. The van der Waals surface area contributed by atoms with Crippen LogP contribution in [0, 0.1) is 0 Å². The predicted octanol–water partition coefficient (Wildman–Crippen LogP) is 3.20. The van der Waals surface area contributed by atoms with Gasteiger partial charge in [0.25, 0.3) is 0 Å². The smallest absolute Gasteiger partial charge is 0.222 e. The average molecular weight is 214 g/mol. The van der Waals surface area contributed by atoms with Crippen LogP contribution in [-0.2, 0) is 10.2 Å². The van der Waals surface area contributed by atoms with Gasteiger partial charge in [-0.25, -0.2) is 0 Å². The summed E-state index contributed by atoms with van der Waals surface area (Å²) in [7, 11) is 0. The fourth-order valence-corrected chi connectivity index (χ4v) is 0.868. The van der Waals surface area contributed by atoms with Crippen molar-refractivity contribution in [2.75, 3.05) is 5.32 Å². The van der Waals surface area contributed by atoms with Crippen molar-refractivity contribution >= 4 is 11.7 Å². The fourth-order valence-electron chi connectivity index (χ4n) is 0.868. The molecule has 0 aliphatic carbocycles. The van der Waals surface area contributed by atoms with Crippen LogP contribution in [0.4, 0.5) is 5.82 Å². The summed E-state index contributed by atoms with van der Waals surface area (Å²) in [5, 5.41) is 6.27. The van der Waals surface area contributed by atoms with Gasteiger partial charge in [-0.3, -0.25) is 4.79 Å². The molecule has 0 atom stereocenters. The number of hydrogen-bond donors (Lipinski definition) is 1. The molecule has 88 valence electrons. The molecule has 4 heteroatoms. The predicted molar refractivity (Wildman–Crippen MR) is 63.0 cm³/mol. The molecule has 4 nitrogen and oxygen atoms in total. The van der Waals surface area contributed by atoms with Crippen molar-refractivity contribution in [1.82, 2.24) is 5.16 Å². The van der Waals surface area contributed by atoms with Crippen LogP contribution in [0.5, 0.6) is 0 Å². The van der Waals surface area contributed by atoms with Gasteiger partial charge in [-0.1, -0.05) is 39.8 Å². The van der Waals surface area contributed by atoms with Gasteiger partial charge in [0.15, 0.2) is 5.82 Å². The van der Waals surface area contributed by atoms with E-state index in [0.717, 1.165) is 5.76 Å². The highest BCUT2D eigenvalue weighted by molar-refractivity contribution is 5.87. The third-order valence-electron chi connectivity index (χ3n) is 1.55. The lowest BCUT2D eigenvalue weighted by atomic mass is 9.93. The number of rotatable bonds is 1. The second-order valence-corrected chi connectivity index (χ2v) is 4.01. The Kier molecular flexibility index (Phi) is 5.05. The van der Waals surface area contributed by atoms with E-state index in [9.17, 15) is 4.79 Å². The molecular formula is C11H22N2O2. The Labute approximate surface area is 92.5 Å². The minimum atomic E-state index is -0.145. The molecule has 1 heterocycles. The molecule has 0 aliphatic rings. The fraction of sp³-hybridized carbons (Fsp3) is 0.636. The Bertz CT molecular complexity index is 316. The molecular weight excluding hydrogens is 192 g/mol. The minimum absolute atomic E-state index is 0. The van der Waals surface area contributed by atoms with Gasteiger partial charge in [-0.05, 0) is 0 Å². The van der Waals surface area contributed by atoms with E-state index in [-0.39, 0.29) is 12.7 Å². The third kappa shape index (κ3) is 4.63. The Morgan fingerprint density at radius 2 is 2.00 bits per heavy atom. The summed E-state index contributed by atoms with van der Waals surface area (Å²) in [5.74, 6) is 1.09. The summed E-state index contributed by atoms with van der Waals surface area (Å²) in [6, 6.07) is 1.74. The van der Waals surface area contributed by atoms with Crippen LogP contribution < -0.4 is 5.32 Å². The van der Waals surface area contributed by atoms with Crippen molar-refractivity contribution in [3.05, 3.63) is 11.8 Å². The van der Waals surface area contributed by atoms with E-state index in [1.165, 1.54) is 6.92 Å². The number of hydrogen-bond acceptors (Lipinski definition) is 3. The van der Waals surface area contributed by atoms with E-state index < -0.39 is 0 Å². The molecule has 0 saturated heterocycles. The van der Waals surface area contributed by atoms with Crippen LogP contribution in [-0.4, -0.2) is 11.1 Å². The first-order valence-electron chi connectivity index (χ1n) is 5.14. The Balaban J connectivity index is 0. The highest BCUT2D eigenvalue weighted by Gasteiger charge is 2.19. The summed E-state index contributed by atoms with van der Waals surface area (Å²) < 4.78 is 5.07. The van der Waals surface area contributed by atoms with E-state index in [0.29, 0.717) is 5.82 Å². The van der Waals surface area contributed by atoms with Crippen LogP contribution in [0.25, 0.3) is 0 Å².